The van der Waals surface area contributed by atoms with Crippen LogP contribution < -0.4 is 0 Å². The summed E-state index contributed by atoms with van der Waals surface area (Å²) >= 11 is 1.55. The van der Waals surface area contributed by atoms with Crippen LogP contribution in [0.5, 0.6) is 0 Å². The number of hydrogen-bond acceptors (Lipinski definition) is 4. The number of carboxylic acids is 1. The minimum Gasteiger partial charge on any atom is -0.481 e. The lowest BCUT2D eigenvalue weighted by Crippen LogP contribution is -2.40. The monoisotopic (exact) mass is 268 g/mol. The summed E-state index contributed by atoms with van der Waals surface area (Å²) in [5, 5.41) is 9.83. The molecule has 0 aliphatic carbocycles. The maximum absolute atomic E-state index is 10.6. The van der Waals surface area contributed by atoms with Crippen LogP contribution in [0.25, 0.3) is 0 Å². The number of hydrogen-bond donors (Lipinski definition) is 1. The van der Waals surface area contributed by atoms with Gasteiger partial charge in [-0.3, -0.25) is 4.79 Å². The first-order chi connectivity index (χ1) is 8.69. The lowest BCUT2D eigenvalue weighted by atomic mass is 10.00. The quantitative estimate of drug-likeness (QED) is 0.889. The van der Waals surface area contributed by atoms with Crippen molar-refractivity contribution in [3.05, 3.63) is 16.1 Å². The Balaban J connectivity index is 1.95. The van der Waals surface area contributed by atoms with Gasteiger partial charge in [0.05, 0.1) is 11.4 Å². The summed E-state index contributed by atoms with van der Waals surface area (Å²) in [6.07, 6.45) is 6.62. The summed E-state index contributed by atoms with van der Waals surface area (Å²) in [4.78, 5) is 18.4. The molecule has 1 aliphatic rings. The van der Waals surface area contributed by atoms with Crippen LogP contribution in [0.4, 0.5) is 0 Å². The molecule has 1 aromatic rings. The van der Waals surface area contributed by atoms with Crippen LogP contribution in [-0.4, -0.2) is 40.1 Å². The highest BCUT2D eigenvalue weighted by Crippen LogP contribution is 2.23. The van der Waals surface area contributed by atoms with Gasteiger partial charge in [0.2, 0.25) is 0 Å². The number of aliphatic carboxylic acids is 1. The van der Waals surface area contributed by atoms with E-state index in [-0.39, 0.29) is 6.42 Å². The fourth-order valence-electron chi connectivity index (χ4n) is 2.58. The molecule has 1 aliphatic heterocycles. The van der Waals surface area contributed by atoms with Crippen LogP contribution in [0.1, 0.15) is 36.1 Å². The van der Waals surface area contributed by atoms with E-state index in [4.69, 9.17) is 5.11 Å². The van der Waals surface area contributed by atoms with Gasteiger partial charge in [-0.2, -0.15) is 0 Å². The average molecular weight is 268 g/mol. The van der Waals surface area contributed by atoms with Gasteiger partial charge in [0.25, 0.3) is 0 Å². The second kappa shape index (κ2) is 6.29. The zero-order valence-corrected chi connectivity index (χ0v) is 11.6. The highest BCUT2D eigenvalue weighted by molar-refractivity contribution is 7.11. The summed E-state index contributed by atoms with van der Waals surface area (Å²) in [6, 6.07) is 0.590. The standard InChI is InChI=1S/C13H20N2O2S/c1-2-15-6-4-3-5-10(15)7-12-14-9-11(18-12)8-13(16)17/h9-10H,2-8H2,1H3,(H,16,17). The molecule has 4 nitrogen and oxygen atoms in total. The lowest BCUT2D eigenvalue weighted by molar-refractivity contribution is -0.136. The van der Waals surface area contributed by atoms with E-state index < -0.39 is 5.97 Å². The van der Waals surface area contributed by atoms with Crippen molar-refractivity contribution in [3.8, 4) is 0 Å². The van der Waals surface area contributed by atoms with E-state index in [1.807, 2.05) is 0 Å². The molecule has 0 amide bonds. The first-order valence-corrected chi connectivity index (χ1v) is 7.40. The molecule has 1 atom stereocenters. The third kappa shape index (κ3) is 3.53. The zero-order valence-electron chi connectivity index (χ0n) is 10.8. The van der Waals surface area contributed by atoms with E-state index in [1.165, 1.54) is 25.8 Å². The van der Waals surface area contributed by atoms with Crippen LogP contribution >= 0.6 is 11.3 Å². The van der Waals surface area contributed by atoms with Gasteiger partial charge in [-0.1, -0.05) is 13.3 Å². The number of likely N-dealkylation sites (tertiary alicyclic amines) is 1. The fraction of sp³-hybridized carbons (Fsp3) is 0.692. The minimum absolute atomic E-state index is 0.0970. The van der Waals surface area contributed by atoms with Gasteiger partial charge in [0.1, 0.15) is 0 Å². The number of likely N-dealkylation sites (N-methyl/N-ethyl adjacent to an activating group) is 1. The number of piperidine rings is 1. The van der Waals surface area contributed by atoms with Crippen molar-refractivity contribution in [2.24, 2.45) is 0 Å². The number of aromatic nitrogens is 1. The summed E-state index contributed by atoms with van der Waals surface area (Å²) in [5.74, 6) is -0.780. The lowest BCUT2D eigenvalue weighted by Gasteiger charge is -2.34. The third-order valence-electron chi connectivity index (χ3n) is 3.49. The zero-order chi connectivity index (χ0) is 13.0. The molecule has 0 saturated carbocycles. The molecule has 1 fully saturated rings. The number of carbonyl (C=O) groups is 1. The van der Waals surface area contributed by atoms with E-state index in [9.17, 15) is 4.79 Å². The van der Waals surface area contributed by atoms with Crippen molar-refractivity contribution in [1.82, 2.24) is 9.88 Å². The van der Waals surface area contributed by atoms with Crippen molar-refractivity contribution in [3.63, 3.8) is 0 Å². The summed E-state index contributed by atoms with van der Waals surface area (Å²) in [5.41, 5.74) is 0. The Hall–Kier alpha value is -0.940. The van der Waals surface area contributed by atoms with Gasteiger partial charge in [-0.25, -0.2) is 4.98 Å². The van der Waals surface area contributed by atoms with E-state index in [1.54, 1.807) is 17.5 Å². The predicted molar refractivity (Wildman–Crippen MR) is 72.0 cm³/mol. The van der Waals surface area contributed by atoms with Gasteiger partial charge in [0.15, 0.2) is 0 Å². The number of thiazole rings is 1. The normalized spacial score (nSPS) is 21.1. The summed E-state index contributed by atoms with van der Waals surface area (Å²) in [6.45, 7) is 4.49. The van der Waals surface area contributed by atoms with Crippen LogP contribution in [0.3, 0.4) is 0 Å². The second-order valence-corrected chi connectivity index (χ2v) is 5.97. The summed E-state index contributed by atoms with van der Waals surface area (Å²) in [7, 11) is 0. The topological polar surface area (TPSA) is 53.4 Å². The van der Waals surface area contributed by atoms with Crippen molar-refractivity contribution >= 4 is 17.3 Å². The average Bonchev–Trinajstić information content (AvgIpc) is 2.76. The van der Waals surface area contributed by atoms with E-state index in [2.05, 4.69) is 16.8 Å². The molecule has 100 valence electrons. The maximum Gasteiger partial charge on any atom is 0.308 e. The molecule has 5 heteroatoms. The third-order valence-corrected chi connectivity index (χ3v) is 4.51. The smallest absolute Gasteiger partial charge is 0.308 e. The van der Waals surface area contributed by atoms with Gasteiger partial charge >= 0.3 is 5.97 Å². The number of rotatable bonds is 5. The van der Waals surface area contributed by atoms with Crippen LogP contribution in [0.15, 0.2) is 6.20 Å². The van der Waals surface area contributed by atoms with E-state index in [0.29, 0.717) is 6.04 Å². The largest absolute Gasteiger partial charge is 0.481 e. The SMILES string of the molecule is CCN1CCCCC1Cc1ncc(CC(=O)O)s1. The van der Waals surface area contributed by atoms with Gasteiger partial charge in [0, 0.05) is 23.5 Å². The second-order valence-electron chi connectivity index (χ2n) is 4.77. The fourth-order valence-corrected chi connectivity index (χ4v) is 3.57. The minimum atomic E-state index is -0.780. The highest BCUT2D eigenvalue weighted by Gasteiger charge is 2.22. The molecule has 0 bridgehead atoms. The van der Waals surface area contributed by atoms with E-state index >= 15 is 0 Å². The molecule has 1 aromatic heterocycles. The first kappa shape index (κ1) is 13.5. The molecular formula is C13H20N2O2S. The van der Waals surface area contributed by atoms with Crippen molar-refractivity contribution in [2.45, 2.75) is 45.1 Å². The molecule has 0 aromatic carbocycles. The molecule has 1 N–H and O–H groups in total. The molecule has 18 heavy (non-hydrogen) atoms. The number of nitrogens with zero attached hydrogens (tertiary/aromatic N) is 2. The Morgan fingerprint density at radius 1 is 1.61 bits per heavy atom. The molecule has 1 unspecified atom stereocenters. The Morgan fingerprint density at radius 3 is 3.17 bits per heavy atom. The van der Waals surface area contributed by atoms with Crippen LogP contribution in [0, 0.1) is 0 Å². The number of carboxylic acid groups (broad SMARTS) is 1. The van der Waals surface area contributed by atoms with Gasteiger partial charge in [-0.05, 0) is 25.9 Å². The van der Waals surface area contributed by atoms with Crippen LogP contribution in [0.2, 0.25) is 0 Å². The molecule has 2 heterocycles. The molecule has 0 radical (unpaired) electrons. The maximum atomic E-state index is 10.6. The Morgan fingerprint density at radius 2 is 2.44 bits per heavy atom. The first-order valence-electron chi connectivity index (χ1n) is 6.58. The highest BCUT2D eigenvalue weighted by atomic mass is 32.1. The molecule has 2 rings (SSSR count). The van der Waals surface area contributed by atoms with Crippen LogP contribution in [-0.2, 0) is 17.6 Å². The van der Waals surface area contributed by atoms with Gasteiger partial charge < -0.3 is 10.0 Å². The van der Waals surface area contributed by atoms with Crippen molar-refractivity contribution in [1.29, 1.82) is 0 Å². The van der Waals surface area contributed by atoms with E-state index in [0.717, 1.165) is 22.9 Å². The Bertz CT molecular complexity index is 405. The Kier molecular flexibility index (Phi) is 4.72. The van der Waals surface area contributed by atoms with Gasteiger partial charge in [-0.15, -0.1) is 11.3 Å². The van der Waals surface area contributed by atoms with Crippen molar-refractivity contribution < 1.29 is 9.90 Å². The molecular weight excluding hydrogens is 248 g/mol. The summed E-state index contributed by atoms with van der Waals surface area (Å²) < 4.78 is 0. The molecule has 0 spiro atoms. The van der Waals surface area contributed by atoms with Crippen molar-refractivity contribution in [2.75, 3.05) is 13.1 Å². The molecule has 1 saturated heterocycles. The Labute approximate surface area is 112 Å². The predicted octanol–water partition coefficient (Wildman–Crippen LogP) is 2.19.